The third-order valence-electron chi connectivity index (χ3n) is 7.38. The van der Waals surface area contributed by atoms with Crippen LogP contribution in [0.3, 0.4) is 0 Å². The number of hydrogen-bond donors (Lipinski definition) is 2. The zero-order valence-corrected chi connectivity index (χ0v) is 27.0. The van der Waals surface area contributed by atoms with Gasteiger partial charge < -0.3 is 11.1 Å². The van der Waals surface area contributed by atoms with Crippen molar-refractivity contribution in [3.63, 3.8) is 0 Å². The van der Waals surface area contributed by atoms with Crippen LogP contribution in [0.5, 0.6) is 0 Å². The molecule has 5 heteroatoms. The fraction of sp³-hybridized carbons (Fsp3) is 0.263. The molecule has 226 valence electrons. The molecular weight excluding hydrogens is 550 g/mol. The van der Waals surface area contributed by atoms with E-state index in [2.05, 4.69) is 74.5 Å². The van der Waals surface area contributed by atoms with E-state index >= 15 is 4.39 Å². The fourth-order valence-electron chi connectivity index (χ4n) is 4.95. The standard InChI is InChI=1S/C36H44FN3S.C2H2/c1-9-14-32(35-16-15-34(41-35)24(4)5)26(7)27(8)39-25(6)19-31-21-30(22-33(37)36(31)38)29(11-3)20-28(10-2)23-40-17-12-13-18-40;1-2/h9-11,14-16,20-22,39H,1-2,4,6,12-13,17-19,23,38H2,3,5,7-8H3;1-2H/b27-26+,28-20+,29-11+,32-14+;. The molecule has 0 unspecified atom stereocenters. The van der Waals surface area contributed by atoms with Gasteiger partial charge in [0.25, 0.3) is 0 Å². The van der Waals surface area contributed by atoms with E-state index in [9.17, 15) is 0 Å². The van der Waals surface area contributed by atoms with Crippen LogP contribution >= 0.6 is 11.3 Å². The molecule has 0 atom stereocenters. The van der Waals surface area contributed by atoms with Gasteiger partial charge in [-0.05, 0) is 117 Å². The Balaban J connectivity index is 0.00000316. The third kappa shape index (κ3) is 9.71. The second-order valence-electron chi connectivity index (χ2n) is 10.6. The SMILES string of the molecule is C#C.C=C/C=C(\C(C)=C(/C)NC(=C)Cc1cc(C(/C=C(\C=C)CN2CCCC2)=C/C)cc(F)c1N)c1ccc(C(=C)C)s1. The smallest absolute Gasteiger partial charge is 0.146 e. The van der Waals surface area contributed by atoms with Gasteiger partial charge in [-0.2, -0.15) is 0 Å². The molecule has 43 heavy (non-hydrogen) atoms. The Hall–Kier alpha value is -4.11. The molecule has 1 aliphatic heterocycles. The number of thiophene rings is 1. The number of nitrogens with two attached hydrogens (primary N) is 1. The quantitative estimate of drug-likeness (QED) is 0.138. The molecular formula is C38H46FN3S. The van der Waals surface area contributed by atoms with Gasteiger partial charge in [-0.1, -0.05) is 56.7 Å². The van der Waals surface area contributed by atoms with Crippen LogP contribution in [0.2, 0.25) is 0 Å². The maximum atomic E-state index is 15.1. The van der Waals surface area contributed by atoms with Gasteiger partial charge in [-0.3, -0.25) is 4.90 Å². The van der Waals surface area contributed by atoms with E-state index in [0.717, 1.165) is 74.2 Å². The second-order valence-corrected chi connectivity index (χ2v) is 11.7. The van der Waals surface area contributed by atoms with Crippen molar-refractivity contribution in [2.75, 3.05) is 25.4 Å². The molecule has 3 rings (SSSR count). The number of nitrogens with zero attached hydrogens (tertiary/aromatic N) is 1. The van der Waals surface area contributed by atoms with Crippen molar-refractivity contribution < 1.29 is 4.39 Å². The van der Waals surface area contributed by atoms with Gasteiger partial charge in [0.05, 0.1) is 5.69 Å². The normalized spacial score (nSPS) is 14.8. The van der Waals surface area contributed by atoms with Crippen LogP contribution in [-0.2, 0) is 6.42 Å². The maximum Gasteiger partial charge on any atom is 0.146 e. The van der Waals surface area contributed by atoms with Crippen LogP contribution in [0.1, 0.15) is 61.4 Å². The minimum Gasteiger partial charge on any atom is -0.396 e. The van der Waals surface area contributed by atoms with Crippen molar-refractivity contribution in [3.05, 3.63) is 130 Å². The van der Waals surface area contributed by atoms with E-state index in [1.165, 1.54) is 18.9 Å². The number of benzene rings is 1. The van der Waals surface area contributed by atoms with Gasteiger partial charge in [-0.25, -0.2) is 4.39 Å². The highest BCUT2D eigenvalue weighted by Crippen LogP contribution is 2.33. The first-order chi connectivity index (χ1) is 20.6. The Morgan fingerprint density at radius 2 is 1.74 bits per heavy atom. The fourth-order valence-corrected chi connectivity index (χ4v) is 5.96. The summed E-state index contributed by atoms with van der Waals surface area (Å²) in [5, 5.41) is 3.43. The number of hydrogen-bond acceptors (Lipinski definition) is 4. The number of nitrogen functional groups attached to an aromatic ring is 1. The average molecular weight is 596 g/mol. The van der Waals surface area contributed by atoms with Gasteiger partial charge >= 0.3 is 0 Å². The number of anilines is 1. The molecule has 3 N–H and O–H groups in total. The zero-order valence-electron chi connectivity index (χ0n) is 26.2. The molecule has 0 spiro atoms. The van der Waals surface area contributed by atoms with Crippen LogP contribution in [0, 0.1) is 18.7 Å². The number of halogens is 1. The second kappa shape index (κ2) is 17.1. The van der Waals surface area contributed by atoms with Gasteiger partial charge in [0.1, 0.15) is 5.82 Å². The van der Waals surface area contributed by atoms with Gasteiger partial charge in [0, 0.05) is 34.1 Å². The predicted octanol–water partition coefficient (Wildman–Crippen LogP) is 9.57. The van der Waals surface area contributed by atoms with E-state index in [4.69, 9.17) is 5.73 Å². The van der Waals surface area contributed by atoms with Gasteiger partial charge in [-0.15, -0.1) is 24.2 Å². The Labute approximate surface area is 263 Å². The highest BCUT2D eigenvalue weighted by molar-refractivity contribution is 7.14. The number of terminal acetylenes is 1. The molecule has 0 saturated carbocycles. The predicted molar refractivity (Wildman–Crippen MR) is 190 cm³/mol. The van der Waals surface area contributed by atoms with E-state index in [-0.39, 0.29) is 5.69 Å². The maximum absolute atomic E-state index is 15.1. The Morgan fingerprint density at radius 3 is 2.30 bits per heavy atom. The lowest BCUT2D eigenvalue weighted by Crippen LogP contribution is -2.21. The lowest BCUT2D eigenvalue weighted by Gasteiger charge is -2.18. The highest BCUT2D eigenvalue weighted by atomic mass is 32.1. The average Bonchev–Trinajstić information content (AvgIpc) is 3.70. The van der Waals surface area contributed by atoms with Crippen LogP contribution in [0.25, 0.3) is 16.7 Å². The largest absolute Gasteiger partial charge is 0.396 e. The first kappa shape index (κ1) is 35.1. The van der Waals surface area contributed by atoms with E-state index in [0.29, 0.717) is 12.0 Å². The lowest BCUT2D eigenvalue weighted by molar-refractivity contribution is 0.371. The van der Waals surface area contributed by atoms with E-state index in [1.54, 1.807) is 17.4 Å². The molecule has 1 aromatic carbocycles. The number of nitrogens with one attached hydrogen (secondary N) is 1. The number of likely N-dealkylation sites (tertiary alicyclic amines) is 1. The minimum atomic E-state index is -0.427. The molecule has 1 saturated heterocycles. The van der Waals surface area contributed by atoms with Crippen LogP contribution in [-0.4, -0.2) is 24.5 Å². The third-order valence-corrected chi connectivity index (χ3v) is 8.66. The molecule has 2 heterocycles. The summed E-state index contributed by atoms with van der Waals surface area (Å²) in [6.45, 7) is 27.4. The first-order valence-corrected chi connectivity index (χ1v) is 15.2. The molecule has 1 fully saturated rings. The summed E-state index contributed by atoms with van der Waals surface area (Å²) >= 11 is 1.70. The van der Waals surface area contributed by atoms with Crippen molar-refractivity contribution in [2.24, 2.45) is 0 Å². The summed E-state index contributed by atoms with van der Waals surface area (Å²) < 4.78 is 15.1. The van der Waals surface area contributed by atoms with Crippen molar-refractivity contribution in [2.45, 2.75) is 47.0 Å². The Bertz CT molecular complexity index is 1490. The zero-order chi connectivity index (χ0) is 32.1. The summed E-state index contributed by atoms with van der Waals surface area (Å²) in [6.07, 6.45) is 20.7. The summed E-state index contributed by atoms with van der Waals surface area (Å²) in [5.74, 6) is -0.427. The Kier molecular flexibility index (Phi) is 14.0. The monoisotopic (exact) mass is 595 g/mol. The molecule has 1 aliphatic rings. The molecule has 0 radical (unpaired) electrons. The molecule has 3 nitrogen and oxygen atoms in total. The molecule has 2 aromatic rings. The van der Waals surface area contributed by atoms with Crippen molar-refractivity contribution in [3.8, 4) is 12.8 Å². The molecule has 1 aromatic heterocycles. The lowest BCUT2D eigenvalue weighted by atomic mass is 9.97. The van der Waals surface area contributed by atoms with Crippen LogP contribution in [0.4, 0.5) is 10.1 Å². The number of allylic oxidation sites excluding steroid dienone is 10. The van der Waals surface area contributed by atoms with Crippen molar-refractivity contribution in [1.29, 1.82) is 0 Å². The van der Waals surface area contributed by atoms with Crippen LogP contribution < -0.4 is 11.1 Å². The van der Waals surface area contributed by atoms with Crippen molar-refractivity contribution >= 4 is 33.7 Å². The molecule has 0 aliphatic carbocycles. The molecule has 0 amide bonds. The topological polar surface area (TPSA) is 41.3 Å². The number of rotatable bonds is 13. The minimum absolute atomic E-state index is 0.147. The summed E-state index contributed by atoms with van der Waals surface area (Å²) in [7, 11) is 0. The Morgan fingerprint density at radius 1 is 1.09 bits per heavy atom. The molecule has 0 bridgehead atoms. The first-order valence-electron chi connectivity index (χ1n) is 14.4. The summed E-state index contributed by atoms with van der Waals surface area (Å²) in [6, 6.07) is 7.69. The van der Waals surface area contributed by atoms with Crippen LogP contribution in [0.15, 0.2) is 104 Å². The van der Waals surface area contributed by atoms with E-state index < -0.39 is 5.82 Å². The highest BCUT2D eigenvalue weighted by Gasteiger charge is 2.15. The van der Waals surface area contributed by atoms with E-state index in [1.807, 2.05) is 45.1 Å². The summed E-state index contributed by atoms with van der Waals surface area (Å²) in [5.41, 5.74) is 14.8. The van der Waals surface area contributed by atoms with Gasteiger partial charge in [0.2, 0.25) is 0 Å². The van der Waals surface area contributed by atoms with Crippen molar-refractivity contribution in [1.82, 2.24) is 10.2 Å². The van der Waals surface area contributed by atoms with Gasteiger partial charge in [0.15, 0.2) is 0 Å². The summed E-state index contributed by atoms with van der Waals surface area (Å²) in [4.78, 5) is 4.72.